The summed E-state index contributed by atoms with van der Waals surface area (Å²) < 4.78 is 5.71. The minimum atomic E-state index is 0.462. The molecule has 0 saturated heterocycles. The Balaban J connectivity index is 1.79. The third kappa shape index (κ3) is 3.20. The van der Waals surface area contributed by atoms with Gasteiger partial charge in [0.15, 0.2) is 0 Å². The first-order valence-corrected chi connectivity index (χ1v) is 9.01. The molecule has 0 bridgehead atoms. The van der Waals surface area contributed by atoms with Crippen LogP contribution in [0.4, 0.5) is 0 Å². The number of benzene rings is 1. The molecule has 4 nitrogen and oxygen atoms in total. The quantitative estimate of drug-likeness (QED) is 0.754. The Kier molecular flexibility index (Phi) is 4.32. The Labute approximate surface area is 148 Å². The molecule has 0 radical (unpaired) electrons. The van der Waals surface area contributed by atoms with Gasteiger partial charge in [0.1, 0.15) is 5.65 Å². The molecular formula is C21H25N3O. The highest BCUT2D eigenvalue weighted by Crippen LogP contribution is 2.30. The predicted molar refractivity (Wildman–Crippen MR) is 102 cm³/mol. The second-order valence-electron chi connectivity index (χ2n) is 7.20. The van der Waals surface area contributed by atoms with Gasteiger partial charge in [0.25, 0.3) is 0 Å². The maximum atomic E-state index is 5.71. The Morgan fingerprint density at radius 3 is 2.96 bits per heavy atom. The van der Waals surface area contributed by atoms with E-state index < -0.39 is 0 Å². The molecule has 0 aliphatic carbocycles. The highest BCUT2D eigenvalue weighted by Gasteiger charge is 2.16. The van der Waals surface area contributed by atoms with E-state index in [-0.39, 0.29) is 0 Å². The molecule has 1 aliphatic heterocycles. The van der Waals surface area contributed by atoms with E-state index in [0.717, 1.165) is 31.8 Å². The van der Waals surface area contributed by atoms with E-state index in [1.54, 1.807) is 0 Å². The van der Waals surface area contributed by atoms with Gasteiger partial charge in [-0.1, -0.05) is 19.9 Å². The Hall–Kier alpha value is -2.17. The largest absolute Gasteiger partial charge is 0.376 e. The number of aryl methyl sites for hydroxylation is 1. The summed E-state index contributed by atoms with van der Waals surface area (Å²) in [5.74, 6) is 0. The molecule has 3 aromatic rings. The third-order valence-corrected chi connectivity index (χ3v) is 4.97. The SMILES string of the molecule is Cc1c[nH]c2ncc(-c3cc4c(c(CNC(C)C)c3)COCC4)cc12. The first kappa shape index (κ1) is 16.3. The molecular weight excluding hydrogens is 310 g/mol. The zero-order chi connectivity index (χ0) is 17.4. The van der Waals surface area contributed by atoms with Gasteiger partial charge in [0.05, 0.1) is 13.2 Å². The van der Waals surface area contributed by atoms with Gasteiger partial charge in [-0.25, -0.2) is 4.98 Å². The maximum absolute atomic E-state index is 5.71. The molecule has 0 saturated carbocycles. The van der Waals surface area contributed by atoms with Crippen LogP contribution in [0, 0.1) is 6.92 Å². The van der Waals surface area contributed by atoms with Crippen LogP contribution in [0.2, 0.25) is 0 Å². The highest BCUT2D eigenvalue weighted by molar-refractivity contribution is 5.84. The lowest BCUT2D eigenvalue weighted by Gasteiger charge is -2.22. The van der Waals surface area contributed by atoms with E-state index in [2.05, 4.69) is 54.3 Å². The number of hydrogen-bond acceptors (Lipinski definition) is 3. The van der Waals surface area contributed by atoms with Crippen LogP contribution in [0.15, 0.2) is 30.6 Å². The smallest absolute Gasteiger partial charge is 0.137 e. The maximum Gasteiger partial charge on any atom is 0.137 e. The predicted octanol–water partition coefficient (Wildman–Crippen LogP) is 4.11. The summed E-state index contributed by atoms with van der Waals surface area (Å²) in [5, 5.41) is 4.74. The van der Waals surface area contributed by atoms with Crippen LogP contribution >= 0.6 is 0 Å². The summed E-state index contributed by atoms with van der Waals surface area (Å²) >= 11 is 0. The molecule has 2 N–H and O–H groups in total. The van der Waals surface area contributed by atoms with E-state index in [0.29, 0.717) is 6.04 Å². The van der Waals surface area contributed by atoms with Crippen molar-refractivity contribution in [3.05, 3.63) is 52.8 Å². The van der Waals surface area contributed by atoms with Crippen molar-refractivity contribution in [1.82, 2.24) is 15.3 Å². The van der Waals surface area contributed by atoms with Crippen molar-refractivity contribution in [2.24, 2.45) is 0 Å². The van der Waals surface area contributed by atoms with E-state index in [9.17, 15) is 0 Å². The molecule has 1 aliphatic rings. The standard InChI is InChI=1S/C21H25N3O/c1-13(2)22-11-18-7-16(6-15-4-5-25-12-20(15)18)17-8-19-14(3)9-23-21(19)24-10-17/h6-10,13,22H,4-5,11-12H2,1-3H3,(H,23,24). The normalized spacial score (nSPS) is 14.2. The van der Waals surface area contributed by atoms with Crippen molar-refractivity contribution in [2.75, 3.05) is 6.61 Å². The molecule has 130 valence electrons. The molecule has 1 aromatic carbocycles. The van der Waals surface area contributed by atoms with Crippen LogP contribution < -0.4 is 5.32 Å². The van der Waals surface area contributed by atoms with E-state index in [1.807, 2.05) is 12.4 Å². The lowest BCUT2D eigenvalue weighted by molar-refractivity contribution is 0.110. The number of pyridine rings is 1. The summed E-state index contributed by atoms with van der Waals surface area (Å²) in [6.07, 6.45) is 4.97. The fourth-order valence-corrected chi connectivity index (χ4v) is 3.49. The Morgan fingerprint density at radius 2 is 2.12 bits per heavy atom. The molecule has 3 heterocycles. The average Bonchev–Trinajstić information content (AvgIpc) is 3.00. The zero-order valence-electron chi connectivity index (χ0n) is 15.1. The molecule has 0 spiro atoms. The Morgan fingerprint density at radius 1 is 1.24 bits per heavy atom. The molecule has 0 unspecified atom stereocenters. The number of nitrogens with zero attached hydrogens (tertiary/aromatic N) is 1. The van der Waals surface area contributed by atoms with Crippen molar-refractivity contribution >= 4 is 11.0 Å². The summed E-state index contributed by atoms with van der Waals surface area (Å²) in [5.41, 5.74) is 8.72. The van der Waals surface area contributed by atoms with Crippen molar-refractivity contribution in [3.63, 3.8) is 0 Å². The van der Waals surface area contributed by atoms with Crippen LogP contribution in [0.3, 0.4) is 0 Å². The minimum absolute atomic E-state index is 0.462. The number of nitrogens with one attached hydrogen (secondary N) is 2. The number of hydrogen-bond donors (Lipinski definition) is 2. The molecule has 0 atom stereocenters. The highest BCUT2D eigenvalue weighted by atomic mass is 16.5. The molecule has 0 fully saturated rings. The fourth-order valence-electron chi connectivity index (χ4n) is 3.49. The van der Waals surface area contributed by atoms with Gasteiger partial charge in [0, 0.05) is 35.9 Å². The molecule has 4 rings (SSSR count). The minimum Gasteiger partial charge on any atom is -0.376 e. The van der Waals surface area contributed by atoms with Crippen molar-refractivity contribution in [2.45, 2.75) is 46.4 Å². The second-order valence-corrected chi connectivity index (χ2v) is 7.20. The second kappa shape index (κ2) is 6.62. The number of fused-ring (bicyclic) bond motifs is 2. The lowest BCUT2D eigenvalue weighted by Crippen LogP contribution is -2.24. The fraction of sp³-hybridized carbons (Fsp3) is 0.381. The van der Waals surface area contributed by atoms with Crippen molar-refractivity contribution < 1.29 is 4.74 Å². The van der Waals surface area contributed by atoms with Crippen LogP contribution in [-0.2, 0) is 24.3 Å². The van der Waals surface area contributed by atoms with E-state index >= 15 is 0 Å². The van der Waals surface area contributed by atoms with Crippen LogP contribution in [-0.4, -0.2) is 22.6 Å². The van der Waals surface area contributed by atoms with Crippen LogP contribution in [0.1, 0.15) is 36.1 Å². The topological polar surface area (TPSA) is 49.9 Å². The molecule has 2 aromatic heterocycles. The first-order chi connectivity index (χ1) is 12.1. The van der Waals surface area contributed by atoms with Gasteiger partial charge in [-0.2, -0.15) is 0 Å². The summed E-state index contributed by atoms with van der Waals surface area (Å²) in [4.78, 5) is 7.82. The molecule has 25 heavy (non-hydrogen) atoms. The van der Waals surface area contributed by atoms with Gasteiger partial charge in [-0.05, 0) is 53.3 Å². The van der Waals surface area contributed by atoms with Gasteiger partial charge < -0.3 is 15.0 Å². The van der Waals surface area contributed by atoms with Crippen molar-refractivity contribution in [1.29, 1.82) is 0 Å². The Bertz CT molecular complexity index is 911. The van der Waals surface area contributed by atoms with Gasteiger partial charge in [-0.3, -0.25) is 0 Å². The summed E-state index contributed by atoms with van der Waals surface area (Å²) in [6, 6.07) is 7.33. The number of ether oxygens (including phenoxy) is 1. The lowest BCUT2D eigenvalue weighted by atomic mass is 9.92. The number of aromatic nitrogens is 2. The van der Waals surface area contributed by atoms with E-state index in [1.165, 1.54) is 38.8 Å². The number of H-pyrrole nitrogens is 1. The average molecular weight is 335 g/mol. The summed E-state index contributed by atoms with van der Waals surface area (Å²) in [6.45, 7) is 8.88. The van der Waals surface area contributed by atoms with Gasteiger partial charge >= 0.3 is 0 Å². The third-order valence-electron chi connectivity index (χ3n) is 4.97. The van der Waals surface area contributed by atoms with Crippen molar-refractivity contribution in [3.8, 4) is 11.1 Å². The first-order valence-electron chi connectivity index (χ1n) is 9.01. The monoisotopic (exact) mass is 335 g/mol. The molecule has 4 heteroatoms. The zero-order valence-corrected chi connectivity index (χ0v) is 15.1. The number of rotatable bonds is 4. The molecule has 0 amide bonds. The van der Waals surface area contributed by atoms with Crippen LogP contribution in [0.25, 0.3) is 22.2 Å². The van der Waals surface area contributed by atoms with Gasteiger partial charge in [-0.15, -0.1) is 0 Å². The summed E-state index contributed by atoms with van der Waals surface area (Å²) in [7, 11) is 0. The van der Waals surface area contributed by atoms with Gasteiger partial charge in [0.2, 0.25) is 0 Å². The number of aromatic amines is 1. The van der Waals surface area contributed by atoms with Crippen LogP contribution in [0.5, 0.6) is 0 Å². The van der Waals surface area contributed by atoms with E-state index in [4.69, 9.17) is 4.74 Å².